The number of amides is 2. The van der Waals surface area contributed by atoms with E-state index in [1.165, 1.54) is 5.01 Å². The number of ether oxygens (including phenoxy) is 1. The van der Waals surface area contributed by atoms with E-state index >= 15 is 0 Å². The van der Waals surface area contributed by atoms with Crippen LogP contribution in [-0.4, -0.2) is 29.1 Å². The molecular formula is C20H18N4O3. The molecule has 2 amide bonds. The van der Waals surface area contributed by atoms with Crippen LogP contribution in [0, 0.1) is 11.3 Å². The lowest BCUT2D eigenvalue weighted by atomic mass is 10.1. The number of nitrogens with zero attached hydrogens (tertiary/aromatic N) is 3. The Kier molecular flexibility index (Phi) is 5.80. The molecule has 1 heterocycles. The second kappa shape index (κ2) is 8.63. The highest BCUT2D eigenvalue weighted by molar-refractivity contribution is 6.43. The maximum atomic E-state index is 12.5. The summed E-state index contributed by atoms with van der Waals surface area (Å²) in [7, 11) is 0. The molecule has 0 saturated carbocycles. The third-order valence-corrected chi connectivity index (χ3v) is 3.96. The zero-order valence-corrected chi connectivity index (χ0v) is 14.6. The van der Waals surface area contributed by atoms with Crippen molar-refractivity contribution in [2.45, 2.75) is 19.4 Å². The molecule has 2 aromatic carbocycles. The number of hydrogen-bond donors (Lipinski definition) is 1. The average Bonchev–Trinajstić information content (AvgIpc) is 2.70. The molecule has 0 radical (unpaired) electrons. The van der Waals surface area contributed by atoms with Crippen molar-refractivity contribution in [2.75, 3.05) is 11.9 Å². The maximum absolute atomic E-state index is 12.5. The minimum atomic E-state index is -0.341. The smallest absolute Gasteiger partial charge is 0.271 e. The molecule has 1 N–H and O–H groups in total. The van der Waals surface area contributed by atoms with Gasteiger partial charge in [-0.2, -0.15) is 10.4 Å². The van der Waals surface area contributed by atoms with Crippen molar-refractivity contribution < 1.29 is 14.3 Å². The lowest BCUT2D eigenvalue weighted by Gasteiger charge is -2.23. The summed E-state index contributed by atoms with van der Waals surface area (Å²) in [5.74, 6) is 0.102. The number of hydrogen-bond acceptors (Lipinski definition) is 5. The lowest BCUT2D eigenvalue weighted by molar-refractivity contribution is -0.132. The van der Waals surface area contributed by atoms with Gasteiger partial charge >= 0.3 is 0 Å². The highest BCUT2D eigenvalue weighted by Crippen LogP contribution is 2.17. The van der Waals surface area contributed by atoms with Gasteiger partial charge in [-0.05, 0) is 29.8 Å². The van der Waals surface area contributed by atoms with Crippen LogP contribution >= 0.6 is 0 Å². The summed E-state index contributed by atoms with van der Waals surface area (Å²) >= 11 is 0. The highest BCUT2D eigenvalue weighted by atomic mass is 16.5. The van der Waals surface area contributed by atoms with Gasteiger partial charge in [0.1, 0.15) is 17.5 Å². The zero-order valence-electron chi connectivity index (χ0n) is 14.6. The normalized spacial score (nSPS) is 13.5. The van der Waals surface area contributed by atoms with Crippen molar-refractivity contribution in [3.05, 3.63) is 60.2 Å². The number of nitriles is 1. The Morgan fingerprint density at radius 3 is 2.59 bits per heavy atom. The van der Waals surface area contributed by atoms with Crippen molar-refractivity contribution >= 4 is 23.2 Å². The van der Waals surface area contributed by atoms with Crippen LogP contribution in [0.25, 0.3) is 0 Å². The summed E-state index contributed by atoms with van der Waals surface area (Å²) in [4.78, 5) is 24.6. The van der Waals surface area contributed by atoms with Crippen molar-refractivity contribution in [1.29, 1.82) is 5.26 Å². The van der Waals surface area contributed by atoms with Gasteiger partial charge < -0.3 is 10.1 Å². The van der Waals surface area contributed by atoms with Crippen LogP contribution in [0.2, 0.25) is 0 Å². The van der Waals surface area contributed by atoms with Gasteiger partial charge in [0.05, 0.1) is 6.54 Å². The fourth-order valence-corrected chi connectivity index (χ4v) is 2.60. The minimum Gasteiger partial charge on any atom is -0.479 e. The van der Waals surface area contributed by atoms with Gasteiger partial charge in [0.15, 0.2) is 6.61 Å². The summed E-state index contributed by atoms with van der Waals surface area (Å²) in [5.41, 5.74) is 1.85. The topological polar surface area (TPSA) is 94.8 Å². The number of nitrogens with one attached hydrogen (secondary N) is 1. The molecule has 0 unspecified atom stereocenters. The number of hydrazone groups is 1. The first-order valence-electron chi connectivity index (χ1n) is 8.48. The van der Waals surface area contributed by atoms with Crippen molar-refractivity contribution in [3.8, 4) is 11.8 Å². The van der Waals surface area contributed by atoms with Gasteiger partial charge in [0.2, 0.25) is 5.91 Å². The predicted molar refractivity (Wildman–Crippen MR) is 99.8 cm³/mol. The molecular weight excluding hydrogens is 344 g/mol. The van der Waals surface area contributed by atoms with E-state index < -0.39 is 0 Å². The summed E-state index contributed by atoms with van der Waals surface area (Å²) in [5, 5.41) is 16.9. The summed E-state index contributed by atoms with van der Waals surface area (Å²) in [6, 6.07) is 18.1. The molecule has 2 aromatic rings. The van der Waals surface area contributed by atoms with E-state index in [1.807, 2.05) is 36.4 Å². The monoisotopic (exact) mass is 362 g/mol. The number of rotatable bonds is 6. The number of carbonyl (C=O) groups is 2. The molecule has 136 valence electrons. The summed E-state index contributed by atoms with van der Waals surface area (Å²) in [6.07, 6.45) is 0.555. The molecule has 7 nitrogen and oxygen atoms in total. The second-order valence-corrected chi connectivity index (χ2v) is 5.91. The van der Waals surface area contributed by atoms with Crippen LogP contribution in [0.5, 0.6) is 5.75 Å². The van der Waals surface area contributed by atoms with Crippen LogP contribution < -0.4 is 10.1 Å². The van der Waals surface area contributed by atoms with Crippen LogP contribution in [-0.2, 0) is 16.1 Å². The van der Waals surface area contributed by atoms with Gasteiger partial charge in [0.25, 0.3) is 5.91 Å². The van der Waals surface area contributed by atoms with Crippen LogP contribution in [0.3, 0.4) is 0 Å². The number of anilines is 1. The van der Waals surface area contributed by atoms with E-state index in [9.17, 15) is 9.59 Å². The fraction of sp³-hybridized carbons (Fsp3) is 0.200. The molecule has 1 aliphatic rings. The van der Waals surface area contributed by atoms with Gasteiger partial charge in [-0.1, -0.05) is 30.3 Å². The molecule has 0 aromatic heterocycles. The minimum absolute atomic E-state index is 0.0339. The third kappa shape index (κ3) is 4.92. The molecule has 1 aliphatic heterocycles. The molecule has 3 rings (SSSR count). The Morgan fingerprint density at radius 1 is 1.15 bits per heavy atom. The maximum Gasteiger partial charge on any atom is 0.271 e. The molecule has 0 bridgehead atoms. The van der Waals surface area contributed by atoms with E-state index in [0.717, 1.165) is 5.56 Å². The van der Waals surface area contributed by atoms with E-state index in [4.69, 9.17) is 10.00 Å². The first-order chi connectivity index (χ1) is 13.2. The zero-order chi connectivity index (χ0) is 19.1. The van der Waals surface area contributed by atoms with E-state index in [1.54, 1.807) is 24.3 Å². The molecule has 0 saturated heterocycles. The van der Waals surface area contributed by atoms with Gasteiger partial charge in [0, 0.05) is 18.5 Å². The molecule has 0 spiro atoms. The quantitative estimate of drug-likeness (QED) is 0.855. The summed E-state index contributed by atoms with van der Waals surface area (Å²) in [6.45, 7) is 0.301. The molecule has 7 heteroatoms. The van der Waals surface area contributed by atoms with Crippen molar-refractivity contribution in [2.24, 2.45) is 5.10 Å². The first-order valence-corrected chi connectivity index (χ1v) is 8.48. The molecule has 0 aliphatic carbocycles. The Labute approximate surface area is 156 Å². The van der Waals surface area contributed by atoms with Gasteiger partial charge in [-0.15, -0.1) is 0 Å². The van der Waals surface area contributed by atoms with Crippen LogP contribution in [0.15, 0.2) is 59.7 Å². The molecule has 27 heavy (non-hydrogen) atoms. The summed E-state index contributed by atoms with van der Waals surface area (Å²) < 4.78 is 5.17. The van der Waals surface area contributed by atoms with Crippen molar-refractivity contribution in [3.63, 3.8) is 0 Å². The Balaban J connectivity index is 1.65. The van der Waals surface area contributed by atoms with Crippen LogP contribution in [0.1, 0.15) is 18.4 Å². The third-order valence-electron chi connectivity index (χ3n) is 3.96. The second-order valence-electron chi connectivity index (χ2n) is 5.91. The highest BCUT2D eigenvalue weighted by Gasteiger charge is 2.24. The Morgan fingerprint density at radius 2 is 1.89 bits per heavy atom. The standard InChI is InChI=1S/C20H18N4O3/c21-12-13-27-17-8-6-16(7-9-17)22-20(26)18-10-11-19(25)24(23-18)14-15-4-2-1-3-5-15/h1-9H,10-11,13-14H2,(H,22,26). The van der Waals surface area contributed by atoms with E-state index in [-0.39, 0.29) is 24.8 Å². The lowest BCUT2D eigenvalue weighted by Crippen LogP contribution is -2.36. The fourth-order valence-electron chi connectivity index (χ4n) is 2.60. The Hall–Kier alpha value is -3.66. The predicted octanol–water partition coefficient (Wildman–Crippen LogP) is 2.71. The SMILES string of the molecule is N#CCOc1ccc(NC(=O)C2=NN(Cc3ccccc3)C(=O)CC2)cc1. The van der Waals surface area contributed by atoms with E-state index in [0.29, 0.717) is 30.1 Å². The Bertz CT molecular complexity index is 886. The largest absolute Gasteiger partial charge is 0.479 e. The molecule has 0 atom stereocenters. The van der Waals surface area contributed by atoms with E-state index in [2.05, 4.69) is 10.4 Å². The molecule has 0 fully saturated rings. The number of carbonyl (C=O) groups excluding carboxylic acids is 2. The first kappa shape index (κ1) is 18.1. The van der Waals surface area contributed by atoms with Gasteiger partial charge in [-0.25, -0.2) is 5.01 Å². The van der Waals surface area contributed by atoms with Crippen LogP contribution in [0.4, 0.5) is 5.69 Å². The average molecular weight is 362 g/mol. The number of benzene rings is 2. The van der Waals surface area contributed by atoms with Gasteiger partial charge in [-0.3, -0.25) is 9.59 Å². The van der Waals surface area contributed by atoms with Crippen molar-refractivity contribution in [1.82, 2.24) is 5.01 Å².